The van der Waals surface area contributed by atoms with E-state index in [9.17, 15) is 0 Å². The molecule has 0 amide bonds. The highest BCUT2D eigenvalue weighted by molar-refractivity contribution is 5.89. The van der Waals surface area contributed by atoms with Crippen molar-refractivity contribution in [1.29, 1.82) is 0 Å². The van der Waals surface area contributed by atoms with Gasteiger partial charge in [-0.25, -0.2) is 0 Å². The Kier molecular flexibility index (Phi) is 2.66. The number of nitrogens with two attached hydrogens (primary N) is 1. The highest BCUT2D eigenvalue weighted by atomic mass is 15.2. The Hall–Kier alpha value is -2.88. The van der Waals surface area contributed by atoms with Crippen LogP contribution >= 0.6 is 0 Å². The molecule has 0 bridgehead atoms. The standard InChI is InChI=1S/C18H16N4/c1-11-4-3-5-15-12(2)10-16-20-21-18(22(16)17(11)15)13-6-8-14(19)9-7-13/h3-10H,19H2,1-2H3. The van der Waals surface area contributed by atoms with Crippen molar-refractivity contribution in [3.8, 4) is 11.4 Å². The van der Waals surface area contributed by atoms with Gasteiger partial charge in [-0.15, -0.1) is 10.2 Å². The van der Waals surface area contributed by atoms with Gasteiger partial charge in [0.1, 0.15) is 0 Å². The number of aromatic nitrogens is 3. The average Bonchev–Trinajstić information content (AvgIpc) is 2.92. The average molecular weight is 288 g/mol. The Balaban J connectivity index is 2.16. The van der Waals surface area contributed by atoms with Crippen LogP contribution in [0.3, 0.4) is 0 Å². The molecule has 0 fully saturated rings. The van der Waals surface area contributed by atoms with Gasteiger partial charge >= 0.3 is 0 Å². The largest absolute Gasteiger partial charge is 0.399 e. The van der Waals surface area contributed by atoms with E-state index in [1.807, 2.05) is 24.3 Å². The maximum Gasteiger partial charge on any atom is 0.168 e. The van der Waals surface area contributed by atoms with Crippen molar-refractivity contribution >= 4 is 22.2 Å². The Bertz CT molecular complexity index is 997. The third-order valence-electron chi connectivity index (χ3n) is 4.09. The topological polar surface area (TPSA) is 56.2 Å². The second kappa shape index (κ2) is 4.56. The lowest BCUT2D eigenvalue weighted by molar-refractivity contribution is 1.12. The van der Waals surface area contributed by atoms with E-state index in [1.165, 1.54) is 16.5 Å². The Morgan fingerprint density at radius 2 is 1.68 bits per heavy atom. The zero-order chi connectivity index (χ0) is 15.3. The van der Waals surface area contributed by atoms with Crippen molar-refractivity contribution < 1.29 is 0 Å². The van der Waals surface area contributed by atoms with Gasteiger partial charge in [-0.05, 0) is 55.3 Å². The quantitative estimate of drug-likeness (QED) is 0.543. The number of hydrogen-bond acceptors (Lipinski definition) is 3. The van der Waals surface area contributed by atoms with Crippen LogP contribution in [-0.4, -0.2) is 14.6 Å². The molecule has 0 unspecified atom stereocenters. The van der Waals surface area contributed by atoms with Crippen LogP contribution in [0.25, 0.3) is 27.9 Å². The normalized spacial score (nSPS) is 11.4. The minimum absolute atomic E-state index is 0.745. The van der Waals surface area contributed by atoms with Gasteiger partial charge in [0, 0.05) is 16.6 Å². The molecule has 4 aromatic rings. The summed E-state index contributed by atoms with van der Waals surface area (Å²) in [4.78, 5) is 0. The lowest BCUT2D eigenvalue weighted by Crippen LogP contribution is -1.96. The van der Waals surface area contributed by atoms with Gasteiger partial charge < -0.3 is 5.73 Å². The number of hydrogen-bond donors (Lipinski definition) is 1. The summed E-state index contributed by atoms with van der Waals surface area (Å²) in [6, 6.07) is 16.2. The Morgan fingerprint density at radius 3 is 2.45 bits per heavy atom. The number of nitrogens with zero attached hydrogens (tertiary/aromatic N) is 3. The summed E-state index contributed by atoms with van der Waals surface area (Å²) in [5, 5.41) is 9.98. The monoisotopic (exact) mass is 288 g/mol. The van der Waals surface area contributed by atoms with E-state index in [0.717, 1.165) is 28.2 Å². The van der Waals surface area contributed by atoms with Crippen LogP contribution in [0.1, 0.15) is 11.1 Å². The number of anilines is 1. The molecule has 108 valence electrons. The summed E-state index contributed by atoms with van der Waals surface area (Å²) in [6.45, 7) is 4.23. The van der Waals surface area contributed by atoms with E-state index in [4.69, 9.17) is 5.73 Å². The SMILES string of the molecule is Cc1cc2nnc(-c3ccc(N)cc3)n2c2c(C)cccc12. The lowest BCUT2D eigenvalue weighted by atomic mass is 10.1. The van der Waals surface area contributed by atoms with E-state index < -0.39 is 0 Å². The van der Waals surface area contributed by atoms with Crippen LogP contribution in [-0.2, 0) is 0 Å². The van der Waals surface area contributed by atoms with Gasteiger partial charge in [-0.2, -0.15) is 0 Å². The van der Waals surface area contributed by atoms with Gasteiger partial charge in [0.15, 0.2) is 11.5 Å². The molecule has 2 heterocycles. The molecule has 2 aromatic heterocycles. The summed E-state index contributed by atoms with van der Waals surface area (Å²) in [5.74, 6) is 0.842. The molecule has 0 saturated heterocycles. The summed E-state index contributed by atoms with van der Waals surface area (Å²) in [6.07, 6.45) is 0. The molecule has 0 radical (unpaired) electrons. The van der Waals surface area contributed by atoms with Gasteiger partial charge in [-0.1, -0.05) is 18.2 Å². The van der Waals surface area contributed by atoms with Crippen molar-refractivity contribution in [3.05, 3.63) is 59.7 Å². The van der Waals surface area contributed by atoms with Crippen LogP contribution in [0.4, 0.5) is 5.69 Å². The number of benzene rings is 2. The minimum Gasteiger partial charge on any atom is -0.399 e. The Morgan fingerprint density at radius 1 is 0.909 bits per heavy atom. The minimum atomic E-state index is 0.745. The van der Waals surface area contributed by atoms with Crippen molar-refractivity contribution in [1.82, 2.24) is 14.6 Å². The first-order valence-electron chi connectivity index (χ1n) is 7.25. The summed E-state index contributed by atoms with van der Waals surface area (Å²) >= 11 is 0. The zero-order valence-corrected chi connectivity index (χ0v) is 12.5. The highest BCUT2D eigenvalue weighted by Crippen LogP contribution is 2.28. The number of nitrogen functional groups attached to an aromatic ring is 1. The second-order valence-corrected chi connectivity index (χ2v) is 5.64. The van der Waals surface area contributed by atoms with E-state index in [0.29, 0.717) is 0 Å². The van der Waals surface area contributed by atoms with Gasteiger partial charge in [0.2, 0.25) is 0 Å². The van der Waals surface area contributed by atoms with Gasteiger partial charge in [0.25, 0.3) is 0 Å². The third-order valence-corrected chi connectivity index (χ3v) is 4.09. The first-order chi connectivity index (χ1) is 10.6. The molecule has 22 heavy (non-hydrogen) atoms. The van der Waals surface area contributed by atoms with E-state index in [2.05, 4.69) is 52.7 Å². The van der Waals surface area contributed by atoms with Crippen LogP contribution < -0.4 is 5.73 Å². The number of aryl methyl sites for hydroxylation is 2. The predicted molar refractivity (Wildman–Crippen MR) is 89.8 cm³/mol. The third kappa shape index (κ3) is 1.77. The molecular formula is C18H16N4. The molecule has 0 atom stereocenters. The molecule has 0 saturated carbocycles. The summed E-state index contributed by atoms with van der Waals surface area (Å²) < 4.78 is 2.13. The highest BCUT2D eigenvalue weighted by Gasteiger charge is 2.13. The van der Waals surface area contributed by atoms with Crippen molar-refractivity contribution in [2.45, 2.75) is 13.8 Å². The van der Waals surface area contributed by atoms with Crippen molar-refractivity contribution in [3.63, 3.8) is 0 Å². The molecular weight excluding hydrogens is 272 g/mol. The molecule has 4 heteroatoms. The van der Waals surface area contributed by atoms with E-state index >= 15 is 0 Å². The fourth-order valence-electron chi connectivity index (χ4n) is 2.97. The zero-order valence-electron chi connectivity index (χ0n) is 12.5. The lowest BCUT2D eigenvalue weighted by Gasteiger charge is -2.10. The maximum absolute atomic E-state index is 5.78. The second-order valence-electron chi connectivity index (χ2n) is 5.64. The maximum atomic E-state index is 5.78. The number of para-hydroxylation sites is 1. The van der Waals surface area contributed by atoms with E-state index in [1.54, 1.807) is 0 Å². The smallest absolute Gasteiger partial charge is 0.168 e. The first kappa shape index (κ1) is 12.8. The van der Waals surface area contributed by atoms with Gasteiger partial charge in [0.05, 0.1) is 5.52 Å². The van der Waals surface area contributed by atoms with Crippen LogP contribution in [0.2, 0.25) is 0 Å². The molecule has 0 aliphatic rings. The molecule has 0 aliphatic heterocycles. The number of rotatable bonds is 1. The number of fused-ring (bicyclic) bond motifs is 3. The molecule has 4 rings (SSSR count). The van der Waals surface area contributed by atoms with Gasteiger partial charge in [-0.3, -0.25) is 4.40 Å². The van der Waals surface area contributed by atoms with Crippen LogP contribution in [0, 0.1) is 13.8 Å². The first-order valence-corrected chi connectivity index (χ1v) is 7.25. The molecule has 4 nitrogen and oxygen atoms in total. The van der Waals surface area contributed by atoms with Crippen molar-refractivity contribution in [2.24, 2.45) is 0 Å². The van der Waals surface area contributed by atoms with Crippen LogP contribution in [0.15, 0.2) is 48.5 Å². The molecule has 2 aromatic carbocycles. The van der Waals surface area contributed by atoms with Crippen LogP contribution in [0.5, 0.6) is 0 Å². The Labute approximate surface area is 128 Å². The molecule has 0 spiro atoms. The fraction of sp³-hybridized carbons (Fsp3) is 0.111. The predicted octanol–water partition coefficient (Wildman–Crippen LogP) is 3.75. The fourth-order valence-corrected chi connectivity index (χ4v) is 2.97. The van der Waals surface area contributed by atoms with E-state index in [-0.39, 0.29) is 0 Å². The number of pyridine rings is 1. The summed E-state index contributed by atoms with van der Waals surface area (Å²) in [5.41, 5.74) is 12.0. The molecule has 2 N–H and O–H groups in total. The molecule has 0 aliphatic carbocycles. The van der Waals surface area contributed by atoms with Crippen molar-refractivity contribution in [2.75, 3.05) is 5.73 Å². The summed E-state index contributed by atoms with van der Waals surface area (Å²) in [7, 11) is 0.